The highest BCUT2D eigenvalue weighted by Crippen LogP contribution is 2.19. The fraction of sp³-hybridized carbons (Fsp3) is 0.333. The molecule has 1 aromatic heterocycles. The fourth-order valence-corrected chi connectivity index (χ4v) is 2.09. The number of aliphatic carboxylic acids is 1. The fourth-order valence-electron chi connectivity index (χ4n) is 1.96. The Bertz CT molecular complexity index is 610. The van der Waals surface area contributed by atoms with E-state index in [-0.39, 0.29) is 0 Å². The molecule has 2 rings (SSSR count). The summed E-state index contributed by atoms with van der Waals surface area (Å²) in [6.45, 7) is 4.37. The third-order valence-corrected chi connectivity index (χ3v) is 3.39. The van der Waals surface area contributed by atoms with Gasteiger partial charge in [0.2, 0.25) is 0 Å². The van der Waals surface area contributed by atoms with Gasteiger partial charge in [0, 0.05) is 24.2 Å². The maximum absolute atomic E-state index is 11.1. The molecule has 0 saturated carbocycles. The maximum atomic E-state index is 11.1. The van der Waals surface area contributed by atoms with Crippen LogP contribution in [0.15, 0.2) is 34.9 Å². The van der Waals surface area contributed by atoms with Gasteiger partial charge in [-0.25, -0.2) is 0 Å². The molecule has 6 heteroatoms. The van der Waals surface area contributed by atoms with Crippen molar-refractivity contribution in [3.05, 3.63) is 46.7 Å². The van der Waals surface area contributed by atoms with Crippen LogP contribution in [-0.4, -0.2) is 22.8 Å². The lowest BCUT2D eigenvalue weighted by Gasteiger charge is -2.23. The summed E-state index contributed by atoms with van der Waals surface area (Å²) in [5.74, 6) is -0.0183. The molecule has 0 aliphatic heterocycles. The lowest BCUT2D eigenvalue weighted by molar-refractivity contribution is -0.140. The van der Waals surface area contributed by atoms with E-state index >= 15 is 0 Å². The standard InChI is InChI=1S/C15H17ClN2O3/c1-10(15(19)20)8-18(14-7-11(2)21-17-14)9-12-3-5-13(16)6-4-12/h3-7,10H,8-9H2,1-2H3,(H,19,20). The van der Waals surface area contributed by atoms with Crippen molar-refractivity contribution in [2.75, 3.05) is 11.4 Å². The number of rotatable bonds is 6. The van der Waals surface area contributed by atoms with Crippen LogP contribution in [0.2, 0.25) is 5.02 Å². The van der Waals surface area contributed by atoms with Crippen LogP contribution in [0, 0.1) is 12.8 Å². The zero-order chi connectivity index (χ0) is 15.4. The van der Waals surface area contributed by atoms with E-state index in [4.69, 9.17) is 21.2 Å². The Hall–Kier alpha value is -2.01. The topological polar surface area (TPSA) is 66.6 Å². The van der Waals surface area contributed by atoms with Gasteiger partial charge in [-0.15, -0.1) is 0 Å². The molecular formula is C15H17ClN2O3. The summed E-state index contributed by atoms with van der Waals surface area (Å²) in [6, 6.07) is 9.24. The molecule has 1 aromatic carbocycles. The second-order valence-corrected chi connectivity index (χ2v) is 5.48. The van der Waals surface area contributed by atoms with Crippen LogP contribution in [0.5, 0.6) is 0 Å². The highest BCUT2D eigenvalue weighted by Gasteiger charge is 2.19. The molecule has 0 saturated heterocycles. The average Bonchev–Trinajstić information content (AvgIpc) is 2.87. The van der Waals surface area contributed by atoms with Gasteiger partial charge < -0.3 is 14.5 Å². The Kier molecular flexibility index (Phi) is 4.85. The van der Waals surface area contributed by atoms with Gasteiger partial charge in [-0.1, -0.05) is 35.8 Å². The van der Waals surface area contributed by atoms with Crippen molar-refractivity contribution in [2.45, 2.75) is 20.4 Å². The second kappa shape index (κ2) is 6.63. The molecule has 0 bridgehead atoms. The molecule has 1 unspecified atom stereocenters. The smallest absolute Gasteiger partial charge is 0.308 e. The van der Waals surface area contributed by atoms with E-state index in [2.05, 4.69) is 5.16 Å². The summed E-state index contributed by atoms with van der Waals surface area (Å²) in [5, 5.41) is 13.7. The molecule has 0 radical (unpaired) electrons. The van der Waals surface area contributed by atoms with E-state index in [1.165, 1.54) is 0 Å². The zero-order valence-corrected chi connectivity index (χ0v) is 12.7. The molecule has 21 heavy (non-hydrogen) atoms. The van der Waals surface area contributed by atoms with Crippen molar-refractivity contribution in [3.63, 3.8) is 0 Å². The van der Waals surface area contributed by atoms with Crippen molar-refractivity contribution in [3.8, 4) is 0 Å². The summed E-state index contributed by atoms with van der Waals surface area (Å²) in [7, 11) is 0. The van der Waals surface area contributed by atoms with Gasteiger partial charge >= 0.3 is 5.97 Å². The largest absolute Gasteiger partial charge is 0.481 e. The number of aromatic nitrogens is 1. The first-order valence-corrected chi connectivity index (χ1v) is 6.99. The number of benzene rings is 1. The minimum absolute atomic E-state index is 0.351. The molecule has 0 aliphatic rings. The van der Waals surface area contributed by atoms with Gasteiger partial charge in [-0.2, -0.15) is 0 Å². The van der Waals surface area contributed by atoms with E-state index < -0.39 is 11.9 Å². The summed E-state index contributed by atoms with van der Waals surface area (Å²) >= 11 is 5.88. The SMILES string of the molecule is Cc1cc(N(Cc2ccc(Cl)cc2)CC(C)C(=O)O)no1. The van der Waals surface area contributed by atoms with E-state index in [0.29, 0.717) is 29.7 Å². The Morgan fingerprint density at radius 2 is 2.10 bits per heavy atom. The number of carbonyl (C=O) groups is 1. The van der Waals surface area contributed by atoms with Crippen LogP contribution < -0.4 is 4.90 Å². The Morgan fingerprint density at radius 3 is 2.62 bits per heavy atom. The molecule has 5 nitrogen and oxygen atoms in total. The number of hydrogen-bond acceptors (Lipinski definition) is 4. The Morgan fingerprint density at radius 1 is 1.43 bits per heavy atom. The van der Waals surface area contributed by atoms with Crippen molar-refractivity contribution in [2.24, 2.45) is 5.92 Å². The first-order chi connectivity index (χ1) is 9.95. The van der Waals surface area contributed by atoms with Crippen molar-refractivity contribution in [1.82, 2.24) is 5.16 Å². The van der Waals surface area contributed by atoms with E-state index in [0.717, 1.165) is 5.56 Å². The number of halogens is 1. The lowest BCUT2D eigenvalue weighted by atomic mass is 10.1. The molecular weight excluding hydrogens is 292 g/mol. The Labute approximate surface area is 128 Å². The summed E-state index contributed by atoms with van der Waals surface area (Å²) in [4.78, 5) is 13.0. The molecule has 1 heterocycles. The third kappa shape index (κ3) is 4.23. The van der Waals surface area contributed by atoms with Crippen LogP contribution in [0.25, 0.3) is 0 Å². The number of hydrogen-bond donors (Lipinski definition) is 1. The molecule has 0 fully saturated rings. The highest BCUT2D eigenvalue weighted by atomic mass is 35.5. The van der Waals surface area contributed by atoms with Crippen LogP contribution in [-0.2, 0) is 11.3 Å². The van der Waals surface area contributed by atoms with Crippen molar-refractivity contribution < 1.29 is 14.4 Å². The van der Waals surface area contributed by atoms with Gasteiger partial charge in [-0.3, -0.25) is 4.79 Å². The third-order valence-electron chi connectivity index (χ3n) is 3.14. The number of anilines is 1. The normalized spacial score (nSPS) is 12.1. The zero-order valence-electron chi connectivity index (χ0n) is 11.9. The van der Waals surface area contributed by atoms with Crippen LogP contribution in [0.1, 0.15) is 18.2 Å². The van der Waals surface area contributed by atoms with E-state index in [1.54, 1.807) is 19.9 Å². The van der Waals surface area contributed by atoms with Crippen molar-refractivity contribution in [1.29, 1.82) is 0 Å². The van der Waals surface area contributed by atoms with Crippen LogP contribution in [0.4, 0.5) is 5.82 Å². The van der Waals surface area contributed by atoms with Crippen LogP contribution in [0.3, 0.4) is 0 Å². The number of carboxylic acids is 1. The Balaban J connectivity index is 2.19. The average molecular weight is 309 g/mol. The van der Waals surface area contributed by atoms with Gasteiger partial charge in [0.1, 0.15) is 5.76 Å². The number of aryl methyl sites for hydroxylation is 1. The minimum atomic E-state index is -0.837. The van der Waals surface area contributed by atoms with E-state index in [1.807, 2.05) is 29.2 Å². The quantitative estimate of drug-likeness (QED) is 0.886. The molecule has 1 N–H and O–H groups in total. The van der Waals surface area contributed by atoms with Gasteiger partial charge in [0.05, 0.1) is 5.92 Å². The predicted molar refractivity (Wildman–Crippen MR) is 80.5 cm³/mol. The molecule has 1 atom stereocenters. The highest BCUT2D eigenvalue weighted by molar-refractivity contribution is 6.30. The first-order valence-electron chi connectivity index (χ1n) is 6.61. The van der Waals surface area contributed by atoms with Crippen LogP contribution >= 0.6 is 11.6 Å². The molecule has 2 aromatic rings. The summed E-state index contributed by atoms with van der Waals surface area (Å²) < 4.78 is 5.08. The van der Waals surface area contributed by atoms with Gasteiger partial charge in [0.15, 0.2) is 5.82 Å². The summed E-state index contributed by atoms with van der Waals surface area (Å²) in [5.41, 5.74) is 1.03. The minimum Gasteiger partial charge on any atom is -0.481 e. The molecule has 0 aliphatic carbocycles. The number of nitrogens with zero attached hydrogens (tertiary/aromatic N) is 2. The van der Waals surface area contributed by atoms with Gasteiger partial charge in [0.25, 0.3) is 0 Å². The molecule has 0 spiro atoms. The van der Waals surface area contributed by atoms with E-state index in [9.17, 15) is 4.79 Å². The molecule has 0 amide bonds. The molecule has 112 valence electrons. The van der Waals surface area contributed by atoms with Crippen molar-refractivity contribution >= 4 is 23.4 Å². The number of carboxylic acid groups (broad SMARTS) is 1. The van der Waals surface area contributed by atoms with Gasteiger partial charge in [-0.05, 0) is 24.6 Å². The second-order valence-electron chi connectivity index (χ2n) is 5.04. The predicted octanol–water partition coefficient (Wildman–Crippen LogP) is 3.36. The first kappa shape index (κ1) is 15.4. The lowest BCUT2D eigenvalue weighted by Crippen LogP contribution is -2.31. The summed E-state index contributed by atoms with van der Waals surface area (Å²) in [6.07, 6.45) is 0. The maximum Gasteiger partial charge on any atom is 0.308 e. The monoisotopic (exact) mass is 308 g/mol.